The van der Waals surface area contributed by atoms with E-state index in [2.05, 4.69) is 50.7 Å². The molecule has 2 aliphatic rings. The van der Waals surface area contributed by atoms with Crippen LogP contribution in [0.3, 0.4) is 0 Å². The number of aliphatic imine (C=N–C) groups is 2. The highest BCUT2D eigenvalue weighted by Gasteiger charge is 2.46. The molecule has 1 saturated heterocycles. The molecule has 0 bridgehead atoms. The number of rotatable bonds is 11. The Morgan fingerprint density at radius 2 is 2.06 bits per heavy atom. The van der Waals surface area contributed by atoms with Gasteiger partial charge in [0.1, 0.15) is 24.2 Å². The van der Waals surface area contributed by atoms with E-state index in [4.69, 9.17) is 0 Å². The largest absolute Gasteiger partial charge is 0.410 e. The molecule has 0 aliphatic carbocycles. The second-order valence-electron chi connectivity index (χ2n) is 8.28. The number of pyridine rings is 1. The zero-order chi connectivity index (χ0) is 24.9. The first-order chi connectivity index (χ1) is 16.1. The highest BCUT2D eigenvalue weighted by molar-refractivity contribution is 6.48. The van der Waals surface area contributed by atoms with Crippen LogP contribution in [0.5, 0.6) is 0 Å². The van der Waals surface area contributed by atoms with Crippen molar-refractivity contribution in [2.45, 2.75) is 51.4 Å². The van der Waals surface area contributed by atoms with E-state index in [9.17, 15) is 13.2 Å². The third-order valence-electron chi connectivity index (χ3n) is 5.77. The Balaban J connectivity index is 1.64. The Kier molecular flexibility index (Phi) is 8.01. The summed E-state index contributed by atoms with van der Waals surface area (Å²) in [7, 11) is 0. The fraction of sp³-hybridized carbons (Fsp3) is 0.458. The summed E-state index contributed by atoms with van der Waals surface area (Å²) < 4.78 is 39.8. The molecule has 0 saturated carbocycles. The molecule has 2 atom stereocenters. The van der Waals surface area contributed by atoms with Crippen molar-refractivity contribution < 1.29 is 13.2 Å². The molecular formula is C24H32F3N7. The monoisotopic (exact) mass is 475 g/mol. The molecule has 3 N–H and O–H groups in total. The topological polar surface area (TPSA) is 76.9 Å². The number of halogens is 3. The molecule has 34 heavy (non-hydrogen) atoms. The summed E-state index contributed by atoms with van der Waals surface area (Å²) in [4.78, 5) is 14.7. The van der Waals surface area contributed by atoms with Gasteiger partial charge in [0.15, 0.2) is 0 Å². The van der Waals surface area contributed by atoms with Gasteiger partial charge in [0.2, 0.25) is 0 Å². The van der Waals surface area contributed by atoms with E-state index < -0.39 is 12.2 Å². The normalized spacial score (nSPS) is 18.8. The van der Waals surface area contributed by atoms with Crippen LogP contribution in [0, 0.1) is 0 Å². The average molecular weight is 476 g/mol. The number of alkyl halides is 3. The van der Waals surface area contributed by atoms with Crippen molar-refractivity contribution in [3.8, 4) is 0 Å². The number of hydrogen-bond acceptors (Lipinski definition) is 7. The maximum Gasteiger partial charge on any atom is 0.410 e. The summed E-state index contributed by atoms with van der Waals surface area (Å²) >= 11 is 0. The van der Waals surface area contributed by atoms with Gasteiger partial charge in [0, 0.05) is 18.4 Å². The molecule has 3 heterocycles. The van der Waals surface area contributed by atoms with Crippen molar-refractivity contribution in [3.05, 3.63) is 60.8 Å². The summed E-state index contributed by atoms with van der Waals surface area (Å²) in [5.41, 5.74) is 3.92. The fourth-order valence-corrected chi connectivity index (χ4v) is 4.06. The Morgan fingerprint density at radius 3 is 2.71 bits per heavy atom. The minimum atomic E-state index is -4.33. The quantitative estimate of drug-likeness (QED) is 0.439. The maximum atomic E-state index is 13.3. The number of allylic oxidation sites excluding steroid dienone is 1. The van der Waals surface area contributed by atoms with Crippen LogP contribution < -0.4 is 16.0 Å². The van der Waals surface area contributed by atoms with Crippen LogP contribution in [0.2, 0.25) is 0 Å². The third-order valence-corrected chi connectivity index (χ3v) is 5.77. The van der Waals surface area contributed by atoms with E-state index >= 15 is 0 Å². The molecule has 3 rings (SSSR count). The predicted octanol–water partition coefficient (Wildman–Crippen LogP) is 4.52. The van der Waals surface area contributed by atoms with Crippen molar-refractivity contribution in [2.24, 2.45) is 9.98 Å². The van der Waals surface area contributed by atoms with Crippen LogP contribution in [0.1, 0.15) is 44.7 Å². The molecule has 0 radical (unpaired) electrons. The van der Waals surface area contributed by atoms with Crippen molar-refractivity contribution in [2.75, 3.05) is 25.1 Å². The summed E-state index contributed by atoms with van der Waals surface area (Å²) in [5, 5.41) is 8.86. The summed E-state index contributed by atoms with van der Waals surface area (Å²) in [6.07, 6.45) is -0.411. The lowest BCUT2D eigenvalue weighted by Crippen LogP contribution is -2.39. The molecule has 184 valence electrons. The standard InChI is InChI=1S/C24H32F3N7/c1-6-8-20(34-13-21(24(25,26)27)33-17(34)5)18-9-10-28-22(11-18)32-15(3)12-29-16(4)23-19(7-2)30-14-31-23/h9-11,20-21,29,33H,3-8,12-14H2,1-2H3,(H,28,32). The zero-order valence-corrected chi connectivity index (χ0v) is 19.7. The van der Waals surface area contributed by atoms with Gasteiger partial charge in [0.05, 0.1) is 29.8 Å². The minimum absolute atomic E-state index is 0.177. The average Bonchev–Trinajstić information content (AvgIpc) is 3.42. The van der Waals surface area contributed by atoms with Crippen LogP contribution >= 0.6 is 0 Å². The first-order valence-corrected chi connectivity index (χ1v) is 11.3. The Morgan fingerprint density at radius 1 is 1.29 bits per heavy atom. The van der Waals surface area contributed by atoms with E-state index in [0.717, 1.165) is 29.8 Å². The van der Waals surface area contributed by atoms with Gasteiger partial charge in [-0.25, -0.2) is 4.98 Å². The lowest BCUT2D eigenvalue weighted by atomic mass is 10.0. The van der Waals surface area contributed by atoms with Gasteiger partial charge in [-0.2, -0.15) is 13.2 Å². The van der Waals surface area contributed by atoms with Gasteiger partial charge in [-0.3, -0.25) is 9.98 Å². The van der Waals surface area contributed by atoms with E-state index in [0.29, 0.717) is 36.8 Å². The van der Waals surface area contributed by atoms with Crippen molar-refractivity contribution in [1.82, 2.24) is 20.5 Å². The first kappa shape index (κ1) is 25.3. The maximum absolute atomic E-state index is 13.3. The molecule has 7 nitrogen and oxygen atoms in total. The van der Waals surface area contributed by atoms with Crippen molar-refractivity contribution in [1.29, 1.82) is 0 Å². The van der Waals surface area contributed by atoms with Crippen molar-refractivity contribution >= 4 is 17.2 Å². The summed E-state index contributed by atoms with van der Waals surface area (Å²) in [5.74, 6) is 0.846. The van der Waals surface area contributed by atoms with Crippen molar-refractivity contribution in [3.63, 3.8) is 0 Å². The molecule has 0 aromatic carbocycles. The molecule has 1 aromatic heterocycles. The molecule has 2 aliphatic heterocycles. The van der Waals surface area contributed by atoms with Gasteiger partial charge < -0.3 is 20.9 Å². The Bertz CT molecular complexity index is 997. The Hall–Kier alpha value is -3.30. The number of hydrogen-bond donors (Lipinski definition) is 3. The van der Waals surface area contributed by atoms with E-state index in [-0.39, 0.29) is 18.4 Å². The molecule has 0 amide bonds. The van der Waals surface area contributed by atoms with Gasteiger partial charge in [-0.05, 0) is 30.5 Å². The molecule has 10 heteroatoms. The second-order valence-corrected chi connectivity index (χ2v) is 8.28. The van der Waals surface area contributed by atoms with Gasteiger partial charge in [-0.1, -0.05) is 40.0 Å². The molecule has 2 unspecified atom stereocenters. The van der Waals surface area contributed by atoms with Gasteiger partial charge in [0.25, 0.3) is 0 Å². The summed E-state index contributed by atoms with van der Waals surface area (Å²) in [6, 6.07) is 1.80. The van der Waals surface area contributed by atoms with Crippen LogP contribution in [0.25, 0.3) is 0 Å². The van der Waals surface area contributed by atoms with Gasteiger partial charge >= 0.3 is 6.18 Å². The minimum Gasteiger partial charge on any atom is -0.378 e. The van der Waals surface area contributed by atoms with Crippen LogP contribution in [-0.2, 0) is 0 Å². The number of anilines is 1. The number of nitrogens with one attached hydrogen (secondary N) is 3. The fourth-order valence-electron chi connectivity index (χ4n) is 4.06. The van der Waals surface area contributed by atoms with Gasteiger partial charge in [-0.15, -0.1) is 0 Å². The van der Waals surface area contributed by atoms with E-state index in [1.807, 2.05) is 26.0 Å². The third kappa shape index (κ3) is 5.98. The molecular weight excluding hydrogens is 443 g/mol. The molecule has 1 aromatic rings. The highest BCUT2D eigenvalue weighted by atomic mass is 19.4. The van der Waals surface area contributed by atoms with E-state index in [1.54, 1.807) is 11.1 Å². The molecule has 1 fully saturated rings. The first-order valence-electron chi connectivity index (χ1n) is 11.3. The van der Waals surface area contributed by atoms with Crippen LogP contribution in [0.4, 0.5) is 19.0 Å². The number of nitrogens with zero attached hydrogens (tertiary/aromatic N) is 4. The van der Waals surface area contributed by atoms with Crippen LogP contribution in [-0.4, -0.2) is 53.3 Å². The smallest absolute Gasteiger partial charge is 0.378 e. The zero-order valence-electron chi connectivity index (χ0n) is 19.7. The second kappa shape index (κ2) is 10.8. The van der Waals surface area contributed by atoms with E-state index in [1.165, 1.54) is 0 Å². The Labute approximate surface area is 198 Å². The summed E-state index contributed by atoms with van der Waals surface area (Å²) in [6.45, 7) is 16.6. The highest BCUT2D eigenvalue weighted by Crippen LogP contribution is 2.35. The lowest BCUT2D eigenvalue weighted by molar-refractivity contribution is -0.150. The number of aromatic nitrogens is 1. The SMILES string of the molecule is C=C(CNC(=C)C1=NCN=C1CC)Nc1cc(C(CCC)N2CC(C(F)(F)F)NC2=C)ccn1. The predicted molar refractivity (Wildman–Crippen MR) is 131 cm³/mol. The molecule has 0 spiro atoms. The lowest BCUT2D eigenvalue weighted by Gasteiger charge is -2.30. The van der Waals surface area contributed by atoms with Crippen LogP contribution in [0.15, 0.2) is 65.3 Å².